The van der Waals surface area contributed by atoms with E-state index < -0.39 is 5.82 Å². The average molecular weight is 301 g/mol. The van der Waals surface area contributed by atoms with Crippen LogP contribution in [0.2, 0.25) is 0 Å². The molecule has 4 nitrogen and oxygen atoms in total. The molecule has 6 heteroatoms. The topological polar surface area (TPSA) is 51.2 Å². The number of anilines is 1. The molecule has 2 aromatic carbocycles. The lowest BCUT2D eigenvalue weighted by Crippen LogP contribution is -2.11. The van der Waals surface area contributed by atoms with Crippen molar-refractivity contribution in [3.05, 3.63) is 53.8 Å². The molecule has 0 fully saturated rings. The van der Waals surface area contributed by atoms with Crippen LogP contribution in [0.5, 0.6) is 5.75 Å². The Labute approximate surface area is 124 Å². The summed E-state index contributed by atoms with van der Waals surface area (Å²) in [7, 11) is 1.59. The number of hydrogen-bond acceptors (Lipinski definition) is 4. The Kier molecular flexibility index (Phi) is 3.53. The number of aromatic nitrogens is 1. The predicted octanol–water partition coefficient (Wildman–Crippen LogP) is 3.70. The number of fused-ring (bicyclic) bond motifs is 1. The minimum atomic E-state index is -0.448. The van der Waals surface area contributed by atoms with E-state index in [1.165, 1.54) is 29.5 Å². The molecule has 0 spiro atoms. The van der Waals surface area contributed by atoms with E-state index in [0.717, 1.165) is 16.0 Å². The number of carbonyl (C=O) groups is 1. The third-order valence-electron chi connectivity index (χ3n) is 2.90. The highest BCUT2D eigenvalue weighted by Crippen LogP contribution is 2.29. The molecule has 0 bridgehead atoms. The molecule has 1 amide bonds. The highest BCUT2D eigenvalue weighted by molar-refractivity contribution is 7.22. The van der Waals surface area contributed by atoms with Gasteiger partial charge in [0.1, 0.15) is 11.6 Å². The first-order valence-corrected chi connectivity index (χ1v) is 6.99. The maximum atomic E-state index is 13.1. The molecule has 0 atom stereocenters. The van der Waals surface area contributed by atoms with E-state index in [4.69, 9.17) is 4.74 Å². The lowest BCUT2D eigenvalue weighted by molar-refractivity contribution is 0.102. The molecule has 0 unspecified atom stereocenters. The van der Waals surface area contributed by atoms with Crippen LogP contribution in [0.25, 0.3) is 10.2 Å². The van der Waals surface area contributed by atoms with E-state index in [2.05, 4.69) is 10.3 Å². The molecule has 0 saturated heterocycles. The SMILES string of the molecule is COc1ccc2nc(NC(=O)c3cccc([18F])c3)sc2c1. The minimum Gasteiger partial charge on any atom is -0.497 e. The molecule has 106 valence electrons. The number of carbonyl (C=O) groups excluding carboxylic acids is 1. The van der Waals surface area contributed by atoms with Gasteiger partial charge in [0.05, 0.1) is 17.3 Å². The van der Waals surface area contributed by atoms with E-state index >= 15 is 0 Å². The summed E-state index contributed by atoms with van der Waals surface area (Å²) < 4.78 is 19.2. The quantitative estimate of drug-likeness (QED) is 0.802. The maximum absolute atomic E-state index is 13.1. The normalized spacial score (nSPS) is 10.6. The third kappa shape index (κ3) is 2.85. The fourth-order valence-electron chi connectivity index (χ4n) is 1.88. The maximum Gasteiger partial charge on any atom is 0.257 e. The molecule has 0 aliphatic carbocycles. The number of halogens is 1. The molecule has 0 aliphatic heterocycles. The average Bonchev–Trinajstić information content (AvgIpc) is 2.88. The highest BCUT2D eigenvalue weighted by atomic mass is 32.1. The standard InChI is InChI=1S/C15H11FN2O2S/c1-20-11-5-6-12-13(8-11)21-15(17-12)18-14(19)9-3-2-4-10(16)7-9/h2-8H,1H3,(H,17,18,19)/i16-1. The molecular weight excluding hydrogens is 290 g/mol. The molecule has 3 rings (SSSR count). The van der Waals surface area contributed by atoms with E-state index in [9.17, 15) is 9.18 Å². The third-order valence-corrected chi connectivity index (χ3v) is 3.84. The van der Waals surface area contributed by atoms with Gasteiger partial charge in [-0.1, -0.05) is 17.4 Å². The van der Waals surface area contributed by atoms with Crippen molar-refractivity contribution in [3.8, 4) is 5.75 Å². The lowest BCUT2D eigenvalue weighted by atomic mass is 10.2. The van der Waals surface area contributed by atoms with Gasteiger partial charge < -0.3 is 4.74 Å². The van der Waals surface area contributed by atoms with Crippen molar-refractivity contribution >= 4 is 32.6 Å². The van der Waals surface area contributed by atoms with E-state index in [1.807, 2.05) is 12.1 Å². The van der Waals surface area contributed by atoms with Gasteiger partial charge in [0.25, 0.3) is 5.91 Å². The number of methoxy groups -OCH3 is 1. The summed E-state index contributed by atoms with van der Waals surface area (Å²) in [4.78, 5) is 16.3. The van der Waals surface area contributed by atoms with Crippen molar-refractivity contribution in [2.45, 2.75) is 0 Å². The monoisotopic (exact) mass is 301 g/mol. The van der Waals surface area contributed by atoms with Gasteiger partial charge in [0.2, 0.25) is 0 Å². The van der Waals surface area contributed by atoms with Crippen molar-refractivity contribution in [2.24, 2.45) is 0 Å². The lowest BCUT2D eigenvalue weighted by Gasteiger charge is -2.00. The second-order valence-electron chi connectivity index (χ2n) is 4.32. The molecule has 0 aliphatic rings. The van der Waals surface area contributed by atoms with Crippen molar-refractivity contribution in [1.82, 2.24) is 4.98 Å². The zero-order valence-electron chi connectivity index (χ0n) is 11.1. The molecule has 1 heterocycles. The van der Waals surface area contributed by atoms with Crippen LogP contribution >= 0.6 is 11.3 Å². The van der Waals surface area contributed by atoms with Gasteiger partial charge in [-0.3, -0.25) is 10.1 Å². The summed E-state index contributed by atoms with van der Waals surface area (Å²) in [6, 6.07) is 11.0. The number of ether oxygens (including phenoxy) is 1. The summed E-state index contributed by atoms with van der Waals surface area (Å²) in [6.07, 6.45) is 0. The van der Waals surface area contributed by atoms with Crippen molar-refractivity contribution in [3.63, 3.8) is 0 Å². The van der Waals surface area contributed by atoms with E-state index in [-0.39, 0.29) is 11.5 Å². The Morgan fingerprint density at radius 2 is 2.14 bits per heavy atom. The van der Waals surface area contributed by atoms with Gasteiger partial charge in [-0.15, -0.1) is 0 Å². The number of thiazole rings is 1. The zero-order chi connectivity index (χ0) is 14.8. The van der Waals surface area contributed by atoms with Gasteiger partial charge in [-0.2, -0.15) is 0 Å². The number of nitrogens with one attached hydrogen (secondary N) is 1. The molecule has 21 heavy (non-hydrogen) atoms. The number of benzene rings is 2. The van der Waals surface area contributed by atoms with Gasteiger partial charge in [0.15, 0.2) is 5.13 Å². The number of amides is 1. The second-order valence-corrected chi connectivity index (χ2v) is 5.35. The van der Waals surface area contributed by atoms with Crippen LogP contribution in [0, 0.1) is 5.82 Å². The molecule has 1 N–H and O–H groups in total. The molecule has 1 aromatic heterocycles. The number of rotatable bonds is 3. The van der Waals surface area contributed by atoms with Crippen LogP contribution in [0.15, 0.2) is 42.5 Å². The summed E-state index contributed by atoms with van der Waals surface area (Å²) in [5.41, 5.74) is 1.03. The Bertz CT molecular complexity index is 816. The van der Waals surface area contributed by atoms with E-state index in [0.29, 0.717) is 5.13 Å². The van der Waals surface area contributed by atoms with Gasteiger partial charge in [0, 0.05) is 5.56 Å². The van der Waals surface area contributed by atoms with Crippen LogP contribution in [-0.4, -0.2) is 18.0 Å². The second kappa shape index (κ2) is 5.49. The van der Waals surface area contributed by atoms with Gasteiger partial charge in [-0.25, -0.2) is 9.37 Å². The van der Waals surface area contributed by atoms with Crippen LogP contribution in [0.1, 0.15) is 10.4 Å². The summed E-state index contributed by atoms with van der Waals surface area (Å²) in [6.45, 7) is 0. The summed E-state index contributed by atoms with van der Waals surface area (Å²) in [5, 5.41) is 3.14. The molecular formula is C15H11FN2O2S. The molecule has 0 saturated carbocycles. The summed E-state index contributed by atoms with van der Waals surface area (Å²) in [5.74, 6) is -0.105. The predicted molar refractivity (Wildman–Crippen MR) is 80.5 cm³/mol. The Morgan fingerprint density at radius 1 is 1.29 bits per heavy atom. The fraction of sp³-hybridized carbons (Fsp3) is 0.0667. The van der Waals surface area contributed by atoms with Gasteiger partial charge in [-0.05, 0) is 36.4 Å². The first-order valence-electron chi connectivity index (χ1n) is 6.17. The Morgan fingerprint density at radius 3 is 2.90 bits per heavy atom. The number of nitrogens with zero attached hydrogens (tertiary/aromatic N) is 1. The fourth-order valence-corrected chi connectivity index (χ4v) is 2.77. The minimum absolute atomic E-state index is 0.256. The number of hydrogen-bond donors (Lipinski definition) is 1. The Hall–Kier alpha value is -2.47. The zero-order valence-corrected chi connectivity index (χ0v) is 11.9. The highest BCUT2D eigenvalue weighted by Gasteiger charge is 2.11. The van der Waals surface area contributed by atoms with Gasteiger partial charge >= 0.3 is 0 Å². The largest absolute Gasteiger partial charge is 0.497 e. The first-order chi connectivity index (χ1) is 10.2. The molecule has 0 radical (unpaired) electrons. The smallest absolute Gasteiger partial charge is 0.257 e. The van der Waals surface area contributed by atoms with Crippen molar-refractivity contribution < 1.29 is 13.9 Å². The van der Waals surface area contributed by atoms with Crippen LogP contribution in [0.4, 0.5) is 9.52 Å². The summed E-state index contributed by atoms with van der Waals surface area (Å²) >= 11 is 1.34. The van der Waals surface area contributed by atoms with Crippen molar-refractivity contribution in [2.75, 3.05) is 12.4 Å². The van der Waals surface area contributed by atoms with E-state index in [1.54, 1.807) is 19.2 Å². The van der Waals surface area contributed by atoms with Crippen LogP contribution in [0.3, 0.4) is 0 Å². The first kappa shape index (κ1) is 13.5. The van der Waals surface area contributed by atoms with Crippen LogP contribution < -0.4 is 10.1 Å². The molecule has 3 aromatic rings. The Balaban J connectivity index is 1.86. The van der Waals surface area contributed by atoms with Crippen LogP contribution in [-0.2, 0) is 0 Å². The van der Waals surface area contributed by atoms with Crippen molar-refractivity contribution in [1.29, 1.82) is 0 Å².